The highest BCUT2D eigenvalue weighted by molar-refractivity contribution is 6.30. The molecule has 0 aliphatic carbocycles. The van der Waals surface area contributed by atoms with Crippen LogP contribution in [0.3, 0.4) is 0 Å². The number of para-hydroxylation sites is 2. The van der Waals surface area contributed by atoms with Crippen LogP contribution < -0.4 is 0 Å². The number of hydrogen-bond donors (Lipinski definition) is 0. The monoisotopic (exact) mass is 504 g/mol. The first kappa shape index (κ1) is 24.0. The maximum absolute atomic E-state index is 13.4. The van der Waals surface area contributed by atoms with Gasteiger partial charge in [0.15, 0.2) is 0 Å². The molecule has 2 aromatic heterocycles. The molecule has 5 aromatic rings. The van der Waals surface area contributed by atoms with Crippen molar-refractivity contribution >= 4 is 33.4 Å². The molecule has 36 heavy (non-hydrogen) atoms. The molecule has 0 atom stereocenters. The topological polar surface area (TPSA) is 9.86 Å². The first-order valence-corrected chi connectivity index (χ1v) is 11.9. The molecule has 2 heterocycles. The number of nitrogens with zero attached hydrogens (tertiary/aromatic N) is 2. The van der Waals surface area contributed by atoms with E-state index in [4.69, 9.17) is 11.6 Å². The van der Waals surface area contributed by atoms with Crippen LogP contribution in [0.25, 0.3) is 21.8 Å². The minimum atomic E-state index is -4.44. The van der Waals surface area contributed by atoms with E-state index in [-0.39, 0.29) is 0 Å². The SMILES string of the molecule is C=CCn1cc(C(Cl)(c2ccc(C(F)(F)F)cc2)c2cn(CC=C)c3ccccc23)c2ccccc21. The molecule has 5 rings (SSSR count). The average molecular weight is 505 g/mol. The summed E-state index contributed by atoms with van der Waals surface area (Å²) in [6.45, 7) is 8.89. The van der Waals surface area contributed by atoms with Crippen LogP contribution in [0.2, 0.25) is 0 Å². The van der Waals surface area contributed by atoms with E-state index in [2.05, 4.69) is 22.3 Å². The van der Waals surface area contributed by atoms with E-state index in [0.717, 1.165) is 45.1 Å². The zero-order chi connectivity index (χ0) is 25.5. The summed E-state index contributed by atoms with van der Waals surface area (Å²) >= 11 is 7.71. The Balaban J connectivity index is 1.86. The lowest BCUT2D eigenvalue weighted by Gasteiger charge is -2.28. The van der Waals surface area contributed by atoms with Crippen molar-refractivity contribution in [3.8, 4) is 0 Å². The van der Waals surface area contributed by atoms with Gasteiger partial charge in [-0.1, -0.05) is 60.7 Å². The minimum Gasteiger partial charge on any atom is -0.343 e. The van der Waals surface area contributed by atoms with Gasteiger partial charge in [0.05, 0.1) is 5.56 Å². The van der Waals surface area contributed by atoms with Crippen molar-refractivity contribution in [1.82, 2.24) is 9.13 Å². The lowest BCUT2D eigenvalue weighted by Crippen LogP contribution is -2.22. The summed E-state index contributed by atoms with van der Waals surface area (Å²) < 4.78 is 44.3. The van der Waals surface area contributed by atoms with Crippen molar-refractivity contribution < 1.29 is 13.2 Å². The van der Waals surface area contributed by atoms with Gasteiger partial charge in [-0.2, -0.15) is 13.2 Å². The molecular weight excluding hydrogens is 481 g/mol. The molecule has 2 nitrogen and oxygen atoms in total. The number of aromatic nitrogens is 2. The summed E-state index contributed by atoms with van der Waals surface area (Å²) in [4.78, 5) is -1.26. The van der Waals surface area contributed by atoms with E-state index in [0.29, 0.717) is 18.7 Å². The molecular formula is C30H24ClF3N2. The number of benzene rings is 3. The molecule has 0 bridgehead atoms. The quantitative estimate of drug-likeness (QED) is 0.155. The van der Waals surface area contributed by atoms with Crippen molar-refractivity contribution in [3.63, 3.8) is 0 Å². The predicted molar refractivity (Wildman–Crippen MR) is 141 cm³/mol. The van der Waals surface area contributed by atoms with Crippen molar-refractivity contribution in [2.75, 3.05) is 0 Å². The average Bonchev–Trinajstić information content (AvgIpc) is 3.43. The maximum Gasteiger partial charge on any atom is 0.416 e. The van der Waals surface area contributed by atoms with Crippen LogP contribution in [0.4, 0.5) is 13.2 Å². The van der Waals surface area contributed by atoms with E-state index in [1.54, 1.807) is 12.2 Å². The van der Waals surface area contributed by atoms with Crippen LogP contribution in [0.15, 0.2) is 111 Å². The smallest absolute Gasteiger partial charge is 0.343 e. The molecule has 3 aromatic carbocycles. The van der Waals surface area contributed by atoms with Crippen LogP contribution >= 0.6 is 11.6 Å². The zero-order valence-corrected chi connectivity index (χ0v) is 20.2. The number of halogens is 4. The fourth-order valence-corrected chi connectivity index (χ4v) is 5.39. The maximum atomic E-state index is 13.4. The molecule has 0 aliphatic heterocycles. The second kappa shape index (κ2) is 9.07. The van der Waals surface area contributed by atoms with Crippen molar-refractivity contribution in [2.45, 2.75) is 24.1 Å². The van der Waals surface area contributed by atoms with Gasteiger partial charge in [0.2, 0.25) is 0 Å². The van der Waals surface area contributed by atoms with Gasteiger partial charge in [0.25, 0.3) is 0 Å². The molecule has 0 saturated heterocycles. The molecule has 6 heteroatoms. The van der Waals surface area contributed by atoms with Gasteiger partial charge >= 0.3 is 6.18 Å². The Bertz CT molecular complexity index is 1480. The Morgan fingerprint density at radius 3 is 1.50 bits per heavy atom. The molecule has 0 amide bonds. The van der Waals surface area contributed by atoms with E-state index in [1.807, 2.05) is 60.9 Å². The molecule has 0 spiro atoms. The number of hydrogen-bond acceptors (Lipinski definition) is 0. The summed E-state index contributed by atoms with van der Waals surface area (Å²) in [5, 5.41) is 1.85. The zero-order valence-electron chi connectivity index (χ0n) is 19.5. The van der Waals surface area contributed by atoms with Gasteiger partial charge in [0, 0.05) is 58.4 Å². The molecule has 0 unspecified atom stereocenters. The largest absolute Gasteiger partial charge is 0.416 e. The highest BCUT2D eigenvalue weighted by Crippen LogP contribution is 2.49. The standard InChI is InChI=1S/C30H24ClF3N2/c1-3-17-35-19-25(23-9-5-7-11-27(23)35)29(31,21-13-15-22(16-14-21)30(32,33)34)26-20-36(18-4-2)28-12-8-6-10-24(26)28/h3-16,19-20H,1-2,17-18H2. The first-order chi connectivity index (χ1) is 17.3. The van der Waals surface area contributed by atoms with E-state index in [9.17, 15) is 13.2 Å². The van der Waals surface area contributed by atoms with Gasteiger partial charge in [-0.25, -0.2) is 0 Å². The summed E-state index contributed by atoms with van der Waals surface area (Å²) in [5.41, 5.74) is 3.37. The summed E-state index contributed by atoms with van der Waals surface area (Å²) in [5.74, 6) is 0. The fraction of sp³-hybridized carbons (Fsp3) is 0.133. The number of rotatable bonds is 7. The van der Waals surface area contributed by atoms with Gasteiger partial charge < -0.3 is 9.13 Å². The van der Waals surface area contributed by atoms with Crippen molar-refractivity contribution in [2.24, 2.45) is 0 Å². The van der Waals surface area contributed by atoms with E-state index >= 15 is 0 Å². The van der Waals surface area contributed by atoms with Gasteiger partial charge in [-0.15, -0.1) is 24.8 Å². The molecule has 0 saturated carbocycles. The predicted octanol–water partition coefficient (Wildman–Crippen LogP) is 8.52. The van der Waals surface area contributed by atoms with Gasteiger partial charge in [-0.3, -0.25) is 0 Å². The fourth-order valence-electron chi connectivity index (χ4n) is 4.97. The Hall–Kier alpha value is -3.70. The second-order valence-electron chi connectivity index (χ2n) is 8.74. The second-order valence-corrected chi connectivity index (χ2v) is 9.30. The summed E-state index contributed by atoms with van der Waals surface area (Å²) in [6, 6.07) is 20.9. The lowest BCUT2D eigenvalue weighted by atomic mass is 9.83. The van der Waals surface area contributed by atoms with Crippen LogP contribution in [0.5, 0.6) is 0 Å². The number of allylic oxidation sites excluding steroid dienone is 2. The molecule has 0 aliphatic rings. The normalized spacial score (nSPS) is 12.3. The number of fused-ring (bicyclic) bond motifs is 2. The molecule has 182 valence electrons. The molecule has 0 radical (unpaired) electrons. The highest BCUT2D eigenvalue weighted by Gasteiger charge is 2.40. The Labute approximate surface area is 212 Å². The van der Waals surface area contributed by atoms with E-state index in [1.165, 1.54) is 12.1 Å². The van der Waals surface area contributed by atoms with Crippen molar-refractivity contribution in [1.29, 1.82) is 0 Å². The summed E-state index contributed by atoms with van der Waals surface area (Å²) in [7, 11) is 0. The molecule has 0 fully saturated rings. The van der Waals surface area contributed by atoms with Crippen LogP contribution in [-0.2, 0) is 24.1 Å². The Morgan fingerprint density at radius 2 is 1.08 bits per heavy atom. The Morgan fingerprint density at radius 1 is 0.667 bits per heavy atom. The molecule has 0 N–H and O–H groups in total. The lowest BCUT2D eigenvalue weighted by molar-refractivity contribution is -0.137. The van der Waals surface area contributed by atoms with Crippen LogP contribution in [-0.4, -0.2) is 9.13 Å². The first-order valence-electron chi connectivity index (χ1n) is 11.5. The third-order valence-corrected chi connectivity index (χ3v) is 7.21. The van der Waals surface area contributed by atoms with Gasteiger partial charge in [-0.05, 0) is 29.8 Å². The summed E-state index contributed by atoms with van der Waals surface area (Å²) in [6.07, 6.45) is 3.14. The third kappa shape index (κ3) is 3.84. The minimum absolute atomic E-state index is 0.556. The van der Waals surface area contributed by atoms with Gasteiger partial charge in [0.1, 0.15) is 4.87 Å². The highest BCUT2D eigenvalue weighted by atomic mass is 35.5. The third-order valence-electron chi connectivity index (χ3n) is 6.58. The Kier molecular flexibility index (Phi) is 6.05. The van der Waals surface area contributed by atoms with Crippen LogP contribution in [0, 0.1) is 0 Å². The number of alkyl halides is 4. The van der Waals surface area contributed by atoms with Crippen LogP contribution in [0.1, 0.15) is 22.3 Å². The van der Waals surface area contributed by atoms with Crippen molar-refractivity contribution in [3.05, 3.63) is 133 Å². The van der Waals surface area contributed by atoms with E-state index < -0.39 is 16.6 Å².